The third-order valence-corrected chi connectivity index (χ3v) is 2.93. The van der Waals surface area contributed by atoms with E-state index in [1.54, 1.807) is 0 Å². The highest BCUT2D eigenvalue weighted by Crippen LogP contribution is 2.34. The smallest absolute Gasteiger partial charge is 0.409 e. The predicted molar refractivity (Wildman–Crippen MR) is 72.1 cm³/mol. The number of nitrogens with two attached hydrogens (primary N) is 1. The van der Waals surface area contributed by atoms with Gasteiger partial charge in [0.15, 0.2) is 5.84 Å². The Bertz CT molecular complexity index is 486. The second-order valence-electron chi connectivity index (χ2n) is 4.29. The molecular formula is C13H18F3N3O. The van der Waals surface area contributed by atoms with E-state index >= 15 is 0 Å². The molecule has 0 heterocycles. The minimum absolute atomic E-state index is 0.313. The molecule has 0 aliphatic heterocycles. The number of hydrogen-bond donors (Lipinski definition) is 2. The van der Waals surface area contributed by atoms with Gasteiger partial charge in [0.2, 0.25) is 0 Å². The number of alkyl halides is 3. The van der Waals surface area contributed by atoms with Crippen LogP contribution in [-0.2, 0) is 6.18 Å². The van der Waals surface area contributed by atoms with Crippen LogP contribution in [0.5, 0.6) is 0 Å². The Hall–Kier alpha value is -1.92. The Morgan fingerprint density at radius 3 is 2.45 bits per heavy atom. The molecule has 0 saturated carbocycles. The van der Waals surface area contributed by atoms with Crippen molar-refractivity contribution in [3.8, 4) is 0 Å². The molecule has 0 atom stereocenters. The lowest BCUT2D eigenvalue weighted by Gasteiger charge is -2.24. The van der Waals surface area contributed by atoms with Gasteiger partial charge in [-0.25, -0.2) is 0 Å². The van der Waals surface area contributed by atoms with Crippen molar-refractivity contribution in [2.75, 3.05) is 18.0 Å². The van der Waals surface area contributed by atoms with Gasteiger partial charge in [0.25, 0.3) is 0 Å². The van der Waals surface area contributed by atoms with Crippen LogP contribution in [-0.4, -0.2) is 24.1 Å². The zero-order chi connectivity index (χ0) is 15.3. The normalized spacial score (nSPS) is 12.6. The first-order chi connectivity index (χ1) is 9.35. The maximum Gasteiger partial charge on any atom is 0.417 e. The first kappa shape index (κ1) is 16.1. The largest absolute Gasteiger partial charge is 0.417 e. The monoisotopic (exact) mass is 289 g/mol. The number of nitrogens with zero attached hydrogens (tertiary/aromatic N) is 2. The lowest BCUT2D eigenvalue weighted by atomic mass is 10.0. The fourth-order valence-corrected chi connectivity index (χ4v) is 1.98. The van der Waals surface area contributed by atoms with Crippen LogP contribution in [0.25, 0.3) is 0 Å². The van der Waals surface area contributed by atoms with Gasteiger partial charge in [0.05, 0.1) is 5.56 Å². The number of rotatable bonds is 5. The van der Waals surface area contributed by atoms with Crippen LogP contribution in [0.1, 0.15) is 31.4 Å². The Labute approximate surface area is 115 Å². The second-order valence-corrected chi connectivity index (χ2v) is 4.29. The van der Waals surface area contributed by atoms with E-state index in [4.69, 9.17) is 10.9 Å². The van der Waals surface area contributed by atoms with Crippen molar-refractivity contribution in [1.82, 2.24) is 0 Å². The third kappa shape index (κ3) is 3.55. The Morgan fingerprint density at radius 1 is 1.35 bits per heavy atom. The summed E-state index contributed by atoms with van der Waals surface area (Å²) in [6, 6.07) is 3.66. The van der Waals surface area contributed by atoms with E-state index in [0.29, 0.717) is 12.2 Å². The number of oxime groups is 1. The average molecular weight is 289 g/mol. The summed E-state index contributed by atoms with van der Waals surface area (Å²) in [6.45, 7) is 5.28. The van der Waals surface area contributed by atoms with Crippen molar-refractivity contribution in [2.24, 2.45) is 10.9 Å². The summed E-state index contributed by atoms with van der Waals surface area (Å²) in [7, 11) is 0. The SMILES string of the molecule is CCCN(CC)c1ccc(C(F)(F)F)c(/C(N)=N/O)c1. The fourth-order valence-electron chi connectivity index (χ4n) is 1.98. The van der Waals surface area contributed by atoms with Gasteiger partial charge in [-0.3, -0.25) is 0 Å². The summed E-state index contributed by atoms with van der Waals surface area (Å²) >= 11 is 0. The van der Waals surface area contributed by atoms with Crippen LogP contribution in [0.3, 0.4) is 0 Å². The number of hydrogen-bond acceptors (Lipinski definition) is 3. The van der Waals surface area contributed by atoms with Gasteiger partial charge in [-0.2, -0.15) is 13.2 Å². The summed E-state index contributed by atoms with van der Waals surface area (Å²) in [5, 5.41) is 11.3. The molecule has 0 aliphatic rings. The molecule has 4 nitrogen and oxygen atoms in total. The Balaban J connectivity index is 3.34. The van der Waals surface area contributed by atoms with Crippen molar-refractivity contribution in [3.63, 3.8) is 0 Å². The van der Waals surface area contributed by atoms with Crippen molar-refractivity contribution >= 4 is 11.5 Å². The average Bonchev–Trinajstić information content (AvgIpc) is 2.42. The molecule has 1 rings (SSSR count). The second kappa shape index (κ2) is 6.49. The fraction of sp³-hybridized carbons (Fsp3) is 0.462. The van der Waals surface area contributed by atoms with Gasteiger partial charge in [-0.15, -0.1) is 0 Å². The zero-order valence-corrected chi connectivity index (χ0v) is 11.4. The summed E-state index contributed by atoms with van der Waals surface area (Å²) in [5.41, 5.74) is 4.75. The molecule has 0 saturated heterocycles. The van der Waals surface area contributed by atoms with Crippen LogP contribution in [0.4, 0.5) is 18.9 Å². The van der Waals surface area contributed by atoms with Gasteiger partial charge < -0.3 is 15.8 Å². The minimum atomic E-state index is -4.55. The molecule has 112 valence electrons. The maximum absolute atomic E-state index is 12.9. The molecule has 7 heteroatoms. The molecule has 0 aliphatic carbocycles. The van der Waals surface area contributed by atoms with Crippen LogP contribution in [0.2, 0.25) is 0 Å². The molecule has 20 heavy (non-hydrogen) atoms. The summed E-state index contributed by atoms with van der Waals surface area (Å²) < 4.78 is 38.7. The van der Waals surface area contributed by atoms with Crippen LogP contribution in [0.15, 0.2) is 23.4 Å². The van der Waals surface area contributed by atoms with E-state index in [1.807, 2.05) is 18.7 Å². The maximum atomic E-state index is 12.9. The molecule has 1 aromatic carbocycles. The van der Waals surface area contributed by atoms with Crippen LogP contribution < -0.4 is 10.6 Å². The van der Waals surface area contributed by atoms with Gasteiger partial charge in [-0.1, -0.05) is 12.1 Å². The van der Waals surface area contributed by atoms with Crippen molar-refractivity contribution in [3.05, 3.63) is 29.3 Å². The van der Waals surface area contributed by atoms with Crippen LogP contribution >= 0.6 is 0 Å². The molecule has 0 radical (unpaired) electrons. The first-order valence-electron chi connectivity index (χ1n) is 6.29. The molecule has 0 aromatic heterocycles. The molecule has 0 bridgehead atoms. The highest BCUT2D eigenvalue weighted by Gasteiger charge is 2.34. The first-order valence-corrected chi connectivity index (χ1v) is 6.29. The Morgan fingerprint density at radius 2 is 2.00 bits per heavy atom. The summed E-state index contributed by atoms with van der Waals surface area (Å²) in [5.74, 6) is -0.549. The Kier molecular flexibility index (Phi) is 5.24. The highest BCUT2D eigenvalue weighted by atomic mass is 19.4. The molecule has 0 amide bonds. The van der Waals surface area contributed by atoms with Crippen molar-refractivity contribution in [2.45, 2.75) is 26.4 Å². The topological polar surface area (TPSA) is 61.8 Å². The van der Waals surface area contributed by atoms with E-state index < -0.39 is 17.6 Å². The van der Waals surface area contributed by atoms with E-state index in [2.05, 4.69) is 5.16 Å². The van der Waals surface area contributed by atoms with Gasteiger partial charge in [0, 0.05) is 24.3 Å². The molecule has 0 fully saturated rings. The lowest BCUT2D eigenvalue weighted by Crippen LogP contribution is -2.25. The molecule has 3 N–H and O–H groups in total. The predicted octanol–water partition coefficient (Wildman–Crippen LogP) is 3.04. The third-order valence-electron chi connectivity index (χ3n) is 2.93. The number of amidine groups is 1. The van der Waals surface area contributed by atoms with E-state index in [-0.39, 0.29) is 5.56 Å². The molecule has 0 spiro atoms. The minimum Gasteiger partial charge on any atom is -0.409 e. The summed E-state index contributed by atoms with van der Waals surface area (Å²) in [4.78, 5) is 1.92. The number of benzene rings is 1. The van der Waals surface area contributed by atoms with E-state index in [0.717, 1.165) is 19.0 Å². The van der Waals surface area contributed by atoms with Gasteiger partial charge in [0.1, 0.15) is 0 Å². The van der Waals surface area contributed by atoms with Gasteiger partial charge in [-0.05, 0) is 31.5 Å². The quantitative estimate of drug-likeness (QED) is 0.379. The molecule has 1 aromatic rings. The van der Waals surface area contributed by atoms with Gasteiger partial charge >= 0.3 is 6.18 Å². The van der Waals surface area contributed by atoms with E-state index in [9.17, 15) is 13.2 Å². The number of halogens is 3. The molecular weight excluding hydrogens is 271 g/mol. The summed E-state index contributed by atoms with van der Waals surface area (Å²) in [6.07, 6.45) is -3.68. The standard InChI is InChI=1S/C13H18F3N3O/c1-3-7-19(4-2)9-5-6-11(13(14,15)16)10(8-9)12(17)18-20/h5-6,8,20H,3-4,7H2,1-2H3,(H2,17,18). The lowest BCUT2D eigenvalue weighted by molar-refractivity contribution is -0.137. The van der Waals surface area contributed by atoms with Crippen molar-refractivity contribution < 1.29 is 18.4 Å². The zero-order valence-electron chi connectivity index (χ0n) is 11.4. The highest BCUT2D eigenvalue weighted by molar-refractivity contribution is 5.99. The van der Waals surface area contributed by atoms with E-state index in [1.165, 1.54) is 12.1 Å². The molecule has 0 unspecified atom stereocenters. The number of anilines is 1. The van der Waals surface area contributed by atoms with Crippen LogP contribution in [0, 0.1) is 0 Å². The van der Waals surface area contributed by atoms with Crippen molar-refractivity contribution in [1.29, 1.82) is 0 Å².